The van der Waals surface area contributed by atoms with E-state index in [0.29, 0.717) is 6.04 Å². The van der Waals surface area contributed by atoms with E-state index < -0.39 is 4.92 Å². The molecule has 0 atom stereocenters. The van der Waals surface area contributed by atoms with Gasteiger partial charge in [0.05, 0.1) is 17.2 Å². The van der Waals surface area contributed by atoms with Crippen LogP contribution in [0.25, 0.3) is 0 Å². The van der Waals surface area contributed by atoms with Gasteiger partial charge in [-0.1, -0.05) is 30.3 Å². The van der Waals surface area contributed by atoms with Crippen LogP contribution in [-0.4, -0.2) is 29.0 Å². The molecule has 0 unspecified atom stereocenters. The van der Waals surface area contributed by atoms with Gasteiger partial charge in [-0.15, -0.1) is 0 Å². The highest BCUT2D eigenvalue weighted by atomic mass is 16.6. The molecule has 0 spiro atoms. The minimum Gasteiger partial charge on any atom is -0.381 e. The Morgan fingerprint density at radius 1 is 1.41 bits per heavy atom. The summed E-state index contributed by atoms with van der Waals surface area (Å²) in [5, 5.41) is 13.1. The van der Waals surface area contributed by atoms with Gasteiger partial charge in [-0.3, -0.25) is 15.0 Å². The van der Waals surface area contributed by atoms with Gasteiger partial charge in [-0.25, -0.2) is 0 Å². The van der Waals surface area contributed by atoms with Crippen LogP contribution >= 0.6 is 0 Å². The lowest BCUT2D eigenvalue weighted by Gasteiger charge is -2.39. The Morgan fingerprint density at radius 2 is 2.12 bits per heavy atom. The quantitative estimate of drug-likeness (QED) is 0.613. The van der Waals surface area contributed by atoms with E-state index in [1.165, 1.54) is 11.8 Å². The molecule has 1 N–H and O–H groups in total. The van der Waals surface area contributed by atoms with Gasteiger partial charge in [0.2, 0.25) is 6.20 Å². The Labute approximate surface area is 99.9 Å². The molecule has 5 nitrogen and oxygen atoms in total. The summed E-state index contributed by atoms with van der Waals surface area (Å²) in [4.78, 5) is 11.9. The maximum Gasteiger partial charge on any atom is 0.249 e. The van der Waals surface area contributed by atoms with E-state index in [2.05, 4.69) is 22.3 Å². The summed E-state index contributed by atoms with van der Waals surface area (Å²) in [6, 6.07) is 10.6. The molecule has 1 aromatic carbocycles. The van der Waals surface area contributed by atoms with Gasteiger partial charge < -0.3 is 5.32 Å². The molecule has 1 aliphatic rings. The standard InChI is InChI=1S/C12H15N3O2/c16-15(17)7-6-13-12-9-14(10-12)8-11-4-2-1-3-5-11/h1-7,12-13H,8-10H2/b7-6-. The molecule has 1 heterocycles. The first-order valence-electron chi connectivity index (χ1n) is 5.56. The second-order valence-electron chi connectivity index (χ2n) is 4.14. The highest BCUT2D eigenvalue weighted by molar-refractivity contribution is 5.15. The molecule has 0 bridgehead atoms. The van der Waals surface area contributed by atoms with Gasteiger partial charge in [0.25, 0.3) is 0 Å². The van der Waals surface area contributed by atoms with Crippen molar-refractivity contribution in [1.82, 2.24) is 10.2 Å². The number of nitro groups is 1. The lowest BCUT2D eigenvalue weighted by molar-refractivity contribution is -0.402. The molecule has 17 heavy (non-hydrogen) atoms. The fraction of sp³-hybridized carbons (Fsp3) is 0.333. The Hall–Kier alpha value is -1.88. The van der Waals surface area contributed by atoms with Gasteiger partial charge >= 0.3 is 0 Å². The van der Waals surface area contributed by atoms with Crippen molar-refractivity contribution < 1.29 is 4.92 Å². The zero-order valence-electron chi connectivity index (χ0n) is 9.45. The van der Waals surface area contributed by atoms with Crippen LogP contribution in [0.4, 0.5) is 0 Å². The molecule has 0 aromatic heterocycles. The molecule has 0 aliphatic carbocycles. The summed E-state index contributed by atoms with van der Waals surface area (Å²) >= 11 is 0. The van der Waals surface area contributed by atoms with E-state index in [0.717, 1.165) is 25.8 Å². The summed E-state index contributed by atoms with van der Waals surface area (Å²) in [6.07, 6.45) is 2.34. The van der Waals surface area contributed by atoms with Crippen LogP contribution < -0.4 is 5.32 Å². The number of likely N-dealkylation sites (tertiary alicyclic amines) is 1. The van der Waals surface area contributed by atoms with Crippen molar-refractivity contribution in [3.63, 3.8) is 0 Å². The summed E-state index contributed by atoms with van der Waals surface area (Å²) < 4.78 is 0. The van der Waals surface area contributed by atoms with Crippen molar-refractivity contribution in [2.75, 3.05) is 13.1 Å². The van der Waals surface area contributed by atoms with Gasteiger partial charge in [0, 0.05) is 19.6 Å². The van der Waals surface area contributed by atoms with Gasteiger partial charge in [-0.05, 0) is 5.56 Å². The molecule has 1 fully saturated rings. The molecule has 1 aromatic rings. The van der Waals surface area contributed by atoms with E-state index in [4.69, 9.17) is 0 Å². The fourth-order valence-electron chi connectivity index (χ4n) is 1.89. The van der Waals surface area contributed by atoms with E-state index >= 15 is 0 Å². The smallest absolute Gasteiger partial charge is 0.249 e. The molecule has 5 heteroatoms. The Morgan fingerprint density at radius 3 is 2.76 bits per heavy atom. The van der Waals surface area contributed by atoms with Crippen molar-refractivity contribution in [1.29, 1.82) is 0 Å². The normalized spacial score (nSPS) is 16.9. The summed E-state index contributed by atoms with van der Waals surface area (Å²) in [6.45, 7) is 2.80. The predicted molar refractivity (Wildman–Crippen MR) is 64.8 cm³/mol. The third-order valence-corrected chi connectivity index (χ3v) is 2.73. The zero-order chi connectivity index (χ0) is 12.1. The van der Waals surface area contributed by atoms with Gasteiger partial charge in [0.1, 0.15) is 0 Å². The van der Waals surface area contributed by atoms with Crippen molar-refractivity contribution >= 4 is 0 Å². The Kier molecular flexibility index (Phi) is 3.72. The van der Waals surface area contributed by atoms with Crippen molar-refractivity contribution in [2.24, 2.45) is 0 Å². The number of nitrogens with one attached hydrogen (secondary N) is 1. The molecule has 2 rings (SSSR count). The molecule has 0 radical (unpaired) electrons. The second kappa shape index (κ2) is 5.45. The van der Waals surface area contributed by atoms with Crippen LogP contribution in [0.3, 0.4) is 0 Å². The average molecular weight is 233 g/mol. The topological polar surface area (TPSA) is 58.4 Å². The molecule has 1 saturated heterocycles. The molecule has 90 valence electrons. The SMILES string of the molecule is O=[N+]([O-])/C=C\NC1CN(Cc2ccccc2)C1. The highest BCUT2D eigenvalue weighted by Crippen LogP contribution is 2.12. The summed E-state index contributed by atoms with van der Waals surface area (Å²) in [5.74, 6) is 0. The Balaban J connectivity index is 1.68. The largest absolute Gasteiger partial charge is 0.381 e. The van der Waals surface area contributed by atoms with Crippen LogP contribution in [0, 0.1) is 10.1 Å². The van der Waals surface area contributed by atoms with E-state index in [9.17, 15) is 10.1 Å². The first-order valence-corrected chi connectivity index (χ1v) is 5.56. The van der Waals surface area contributed by atoms with E-state index in [-0.39, 0.29) is 0 Å². The van der Waals surface area contributed by atoms with Crippen molar-refractivity contribution in [2.45, 2.75) is 12.6 Å². The molecule has 0 saturated carbocycles. The monoisotopic (exact) mass is 233 g/mol. The maximum absolute atomic E-state index is 10.1. The first kappa shape index (κ1) is 11.6. The molecular formula is C12H15N3O2. The average Bonchev–Trinajstić information content (AvgIpc) is 2.26. The third kappa shape index (κ3) is 3.57. The highest BCUT2D eigenvalue weighted by Gasteiger charge is 2.25. The van der Waals surface area contributed by atoms with E-state index in [1.807, 2.05) is 18.2 Å². The predicted octanol–water partition coefficient (Wildman–Crippen LogP) is 1.21. The molecular weight excluding hydrogens is 218 g/mol. The van der Waals surface area contributed by atoms with Gasteiger partial charge in [0.15, 0.2) is 0 Å². The molecule has 0 amide bonds. The minimum absolute atomic E-state index is 0.329. The van der Waals surface area contributed by atoms with Crippen LogP contribution in [-0.2, 0) is 6.54 Å². The Bertz CT molecular complexity index is 399. The van der Waals surface area contributed by atoms with Crippen molar-refractivity contribution in [3.8, 4) is 0 Å². The van der Waals surface area contributed by atoms with Crippen molar-refractivity contribution in [3.05, 3.63) is 58.4 Å². The van der Waals surface area contributed by atoms with Crippen LogP contribution in [0.15, 0.2) is 42.7 Å². The summed E-state index contributed by atoms with van der Waals surface area (Å²) in [7, 11) is 0. The number of hydrogen-bond acceptors (Lipinski definition) is 4. The van der Waals surface area contributed by atoms with E-state index in [1.54, 1.807) is 0 Å². The van der Waals surface area contributed by atoms with Crippen LogP contribution in [0.2, 0.25) is 0 Å². The number of hydrogen-bond donors (Lipinski definition) is 1. The zero-order valence-corrected chi connectivity index (χ0v) is 9.45. The lowest BCUT2D eigenvalue weighted by Crippen LogP contribution is -2.55. The third-order valence-electron chi connectivity index (χ3n) is 2.73. The van der Waals surface area contributed by atoms with Crippen LogP contribution in [0.1, 0.15) is 5.56 Å². The fourth-order valence-corrected chi connectivity index (χ4v) is 1.89. The van der Waals surface area contributed by atoms with Crippen LogP contribution in [0.5, 0.6) is 0 Å². The first-order chi connectivity index (χ1) is 8.24. The van der Waals surface area contributed by atoms with Gasteiger partial charge in [-0.2, -0.15) is 0 Å². The lowest BCUT2D eigenvalue weighted by atomic mass is 10.1. The number of nitrogens with zero attached hydrogens (tertiary/aromatic N) is 2. The second-order valence-corrected chi connectivity index (χ2v) is 4.14. The maximum atomic E-state index is 10.1. The molecule has 1 aliphatic heterocycles. The number of benzene rings is 1. The summed E-state index contributed by atoms with van der Waals surface area (Å²) in [5.41, 5.74) is 1.30. The number of rotatable bonds is 5. The minimum atomic E-state index is -0.465.